The van der Waals surface area contributed by atoms with Crippen molar-refractivity contribution in [1.82, 2.24) is 4.90 Å². The van der Waals surface area contributed by atoms with E-state index in [0.29, 0.717) is 0 Å². The monoisotopic (exact) mass is 526 g/mol. The predicted octanol–water partition coefficient (Wildman–Crippen LogP) is 9.12. The number of hydrogen-bond donors (Lipinski definition) is 0. The summed E-state index contributed by atoms with van der Waals surface area (Å²) in [6.45, 7) is 7.15. The van der Waals surface area contributed by atoms with Gasteiger partial charge in [0.1, 0.15) is 0 Å². The summed E-state index contributed by atoms with van der Waals surface area (Å²) in [5, 5.41) is 7.32. The van der Waals surface area contributed by atoms with Crippen LogP contribution in [0.2, 0.25) is 0 Å². The second-order valence-corrected chi connectivity index (χ2v) is 12.0. The smallest absolute Gasteiger partial charge is 0.0697 e. The van der Waals surface area contributed by atoms with Crippen molar-refractivity contribution >= 4 is 23.2 Å². The van der Waals surface area contributed by atoms with Crippen LogP contribution in [0, 0.1) is 11.3 Å². The van der Waals surface area contributed by atoms with Gasteiger partial charge in [-0.1, -0.05) is 81.1 Å². The highest BCUT2D eigenvalue weighted by Crippen LogP contribution is 2.51. The summed E-state index contributed by atoms with van der Waals surface area (Å²) in [4.78, 5) is 2.27. The van der Waals surface area contributed by atoms with E-state index in [4.69, 9.17) is 28.5 Å². The lowest BCUT2D eigenvalue weighted by Gasteiger charge is -2.31. The van der Waals surface area contributed by atoms with Crippen molar-refractivity contribution in [2.24, 2.45) is 0 Å². The summed E-state index contributed by atoms with van der Waals surface area (Å²) in [5.41, 5.74) is 5.68. The Balaban J connectivity index is 0.00000115. The molecule has 2 aromatic carbocycles. The van der Waals surface area contributed by atoms with E-state index in [9.17, 15) is 0 Å². The van der Waals surface area contributed by atoms with Crippen molar-refractivity contribution in [2.45, 2.75) is 101 Å². The van der Waals surface area contributed by atoms with Crippen molar-refractivity contribution < 1.29 is 0 Å². The van der Waals surface area contributed by atoms with Gasteiger partial charge >= 0.3 is 0 Å². The zero-order valence-corrected chi connectivity index (χ0v) is 23.9. The molecule has 2 saturated carbocycles. The van der Waals surface area contributed by atoms with Gasteiger partial charge in [0.25, 0.3) is 0 Å². The summed E-state index contributed by atoms with van der Waals surface area (Å²) in [5.74, 6) is 0. The van der Waals surface area contributed by atoms with Crippen LogP contribution in [-0.2, 0) is 22.6 Å². The van der Waals surface area contributed by atoms with Crippen LogP contribution in [0.5, 0.6) is 0 Å². The predicted molar refractivity (Wildman–Crippen MR) is 155 cm³/mol. The lowest BCUT2D eigenvalue weighted by Crippen LogP contribution is -2.29. The van der Waals surface area contributed by atoms with E-state index >= 15 is 0 Å². The largest absolute Gasteiger partial charge is 0.303 e. The average molecular weight is 528 g/mol. The highest BCUT2D eigenvalue weighted by Gasteiger charge is 2.40. The van der Waals surface area contributed by atoms with Crippen LogP contribution in [0.4, 0.5) is 0 Å². The van der Waals surface area contributed by atoms with Crippen LogP contribution < -0.4 is 0 Å². The van der Waals surface area contributed by atoms with E-state index in [1.54, 1.807) is 6.07 Å². The number of alkyl halides is 2. The molecule has 0 amide bonds. The molecule has 0 heterocycles. The third-order valence-electron chi connectivity index (χ3n) is 7.93. The maximum absolute atomic E-state index is 7.32. The lowest BCUT2D eigenvalue weighted by molar-refractivity contribution is 0.274. The molecule has 0 N–H and O–H groups in total. The minimum atomic E-state index is -0.187. The van der Waals surface area contributed by atoms with E-state index in [1.807, 2.05) is 0 Å². The molecule has 2 aliphatic rings. The first-order valence-electron chi connectivity index (χ1n) is 14.0. The Morgan fingerprint density at radius 3 is 1.81 bits per heavy atom. The molecule has 0 bridgehead atoms. The van der Waals surface area contributed by atoms with E-state index in [0.717, 1.165) is 51.6 Å². The zero-order valence-electron chi connectivity index (χ0n) is 22.4. The van der Waals surface area contributed by atoms with Gasteiger partial charge < -0.3 is 4.90 Å². The molecule has 2 aromatic rings. The van der Waals surface area contributed by atoms with Gasteiger partial charge in [-0.05, 0) is 86.7 Å². The van der Waals surface area contributed by atoms with E-state index in [-0.39, 0.29) is 9.75 Å². The summed E-state index contributed by atoms with van der Waals surface area (Å²) in [6.07, 6.45) is 13.9. The van der Waals surface area contributed by atoms with Gasteiger partial charge in [0, 0.05) is 13.5 Å². The standard InChI is InChI=1S/C30H41Cl2N.C2H3N/c1-2-22-33(24-17-25-12-4-3-5-13-25)23-11-14-26-27(29(31)18-6-7-19-29)15-10-16-28(26)30(32)20-8-9-21-30;1-2-3/h3-5,10,12-13,15-16H,2,6-9,11,14,17-24H2,1H3;1H3. The summed E-state index contributed by atoms with van der Waals surface area (Å²) in [6, 6.07) is 19.5. The van der Waals surface area contributed by atoms with Crippen molar-refractivity contribution in [2.75, 3.05) is 19.6 Å². The molecule has 4 rings (SSSR count). The van der Waals surface area contributed by atoms with Crippen LogP contribution in [0.1, 0.15) is 100 Å². The third-order valence-corrected chi connectivity index (χ3v) is 9.10. The van der Waals surface area contributed by atoms with E-state index in [1.165, 1.54) is 74.2 Å². The molecular formula is C32H44Cl2N2. The Labute approximate surface area is 230 Å². The van der Waals surface area contributed by atoms with E-state index in [2.05, 4.69) is 60.4 Å². The van der Waals surface area contributed by atoms with E-state index < -0.39 is 0 Å². The first-order chi connectivity index (χ1) is 17.5. The fraction of sp³-hybridized carbons (Fsp3) is 0.594. The van der Waals surface area contributed by atoms with Crippen LogP contribution in [0.15, 0.2) is 48.5 Å². The number of halogens is 2. The molecule has 0 aliphatic heterocycles. The molecule has 2 aliphatic carbocycles. The maximum Gasteiger partial charge on any atom is 0.0697 e. The number of rotatable bonds is 11. The second kappa shape index (κ2) is 14.4. The highest BCUT2D eigenvalue weighted by atomic mass is 35.5. The quantitative estimate of drug-likeness (QED) is 0.273. The van der Waals surface area contributed by atoms with Gasteiger partial charge in [0.15, 0.2) is 0 Å². The Morgan fingerprint density at radius 2 is 1.31 bits per heavy atom. The molecule has 0 spiro atoms. The molecule has 196 valence electrons. The Kier molecular flexibility index (Phi) is 11.6. The molecule has 36 heavy (non-hydrogen) atoms. The summed E-state index contributed by atoms with van der Waals surface area (Å²) >= 11 is 14.6. The Bertz CT molecular complexity index is 914. The third kappa shape index (κ3) is 7.74. The zero-order chi connectivity index (χ0) is 25.9. The Hall–Kier alpha value is -1.53. The lowest BCUT2D eigenvalue weighted by atomic mass is 9.82. The average Bonchev–Trinajstić information content (AvgIpc) is 3.53. The van der Waals surface area contributed by atoms with Crippen molar-refractivity contribution in [3.63, 3.8) is 0 Å². The van der Waals surface area contributed by atoms with Crippen LogP contribution in [0.25, 0.3) is 0 Å². The first kappa shape index (κ1) is 29.0. The van der Waals surface area contributed by atoms with Crippen LogP contribution in [0.3, 0.4) is 0 Å². The molecule has 0 unspecified atom stereocenters. The molecule has 2 nitrogen and oxygen atoms in total. The molecule has 0 aromatic heterocycles. The molecule has 0 saturated heterocycles. The number of hydrogen-bond acceptors (Lipinski definition) is 2. The van der Waals surface area contributed by atoms with Crippen LogP contribution >= 0.6 is 23.2 Å². The van der Waals surface area contributed by atoms with Crippen LogP contribution in [-0.4, -0.2) is 24.5 Å². The van der Waals surface area contributed by atoms with Gasteiger partial charge in [-0.2, -0.15) is 5.26 Å². The van der Waals surface area contributed by atoms with Gasteiger partial charge in [-0.3, -0.25) is 0 Å². The fourth-order valence-corrected chi connectivity index (χ4v) is 7.06. The molecule has 0 atom stereocenters. The molecule has 4 heteroatoms. The molecule has 0 radical (unpaired) electrons. The van der Waals surface area contributed by atoms with Crippen molar-refractivity contribution in [3.05, 3.63) is 70.8 Å². The van der Waals surface area contributed by atoms with Gasteiger partial charge in [-0.15, -0.1) is 23.2 Å². The number of benzene rings is 2. The summed E-state index contributed by atoms with van der Waals surface area (Å²) < 4.78 is 0. The fourth-order valence-electron chi connectivity index (χ4n) is 6.17. The van der Waals surface area contributed by atoms with Gasteiger partial charge in [0.05, 0.1) is 15.8 Å². The molecular weight excluding hydrogens is 483 g/mol. The maximum atomic E-state index is 7.32. The second-order valence-electron chi connectivity index (χ2n) is 10.6. The van der Waals surface area contributed by atoms with Gasteiger partial charge in [-0.25, -0.2) is 0 Å². The number of nitriles is 1. The SMILES string of the molecule is CC#N.CCCN(CCCc1c(C2(Cl)CCCC2)cccc1C1(Cl)CCCC1)CCc1ccccc1. The Morgan fingerprint density at radius 1 is 0.778 bits per heavy atom. The summed E-state index contributed by atoms with van der Waals surface area (Å²) in [7, 11) is 0. The first-order valence-corrected chi connectivity index (χ1v) is 14.8. The topological polar surface area (TPSA) is 27.0 Å². The van der Waals surface area contributed by atoms with Crippen molar-refractivity contribution in [1.29, 1.82) is 5.26 Å². The molecule has 2 fully saturated rings. The minimum absolute atomic E-state index is 0.187. The van der Waals surface area contributed by atoms with Crippen molar-refractivity contribution in [3.8, 4) is 6.07 Å². The number of nitrogens with zero attached hydrogens (tertiary/aromatic N) is 2. The minimum Gasteiger partial charge on any atom is -0.303 e. The van der Waals surface area contributed by atoms with Gasteiger partial charge in [0.2, 0.25) is 0 Å². The highest BCUT2D eigenvalue weighted by molar-refractivity contribution is 6.25. The normalized spacial score (nSPS) is 18.0.